The largest absolute Gasteiger partial charge is 0.486 e. The van der Waals surface area contributed by atoms with E-state index in [0.717, 1.165) is 12.8 Å². The molecule has 3 rings (SSSR count). The van der Waals surface area contributed by atoms with Crippen LogP contribution in [0.15, 0.2) is 12.1 Å². The first-order valence-corrected chi connectivity index (χ1v) is 6.40. The average molecular weight is 265 g/mol. The summed E-state index contributed by atoms with van der Waals surface area (Å²) in [6.45, 7) is 0.837. The molecule has 0 saturated heterocycles. The van der Waals surface area contributed by atoms with Crippen molar-refractivity contribution in [2.45, 2.75) is 25.4 Å². The van der Waals surface area contributed by atoms with Crippen molar-refractivity contribution in [3.05, 3.63) is 27.8 Å². The molecular formula is C13H15NO5. The number of hydrogen-bond donors (Lipinski definition) is 1. The molecule has 0 amide bonds. The van der Waals surface area contributed by atoms with E-state index in [9.17, 15) is 15.2 Å². The van der Waals surface area contributed by atoms with Crippen LogP contribution in [0.1, 0.15) is 18.4 Å². The number of fused-ring (bicyclic) bond motifs is 1. The number of nitro groups is 1. The van der Waals surface area contributed by atoms with Crippen LogP contribution in [0, 0.1) is 16.0 Å². The number of nitro benzene ring substituents is 1. The van der Waals surface area contributed by atoms with Crippen LogP contribution in [0.5, 0.6) is 11.5 Å². The molecule has 1 atom stereocenters. The Morgan fingerprint density at radius 3 is 2.53 bits per heavy atom. The molecule has 6 nitrogen and oxygen atoms in total. The van der Waals surface area contributed by atoms with E-state index >= 15 is 0 Å². The lowest BCUT2D eigenvalue weighted by atomic mass is 10.0. The number of hydrogen-bond acceptors (Lipinski definition) is 5. The Kier molecular flexibility index (Phi) is 3.02. The summed E-state index contributed by atoms with van der Waals surface area (Å²) in [7, 11) is 0. The second kappa shape index (κ2) is 4.70. The molecular weight excluding hydrogens is 250 g/mol. The molecule has 2 aliphatic rings. The first-order valence-electron chi connectivity index (χ1n) is 6.40. The molecule has 1 N–H and O–H groups in total. The second-order valence-electron chi connectivity index (χ2n) is 4.99. The molecule has 1 aliphatic heterocycles. The molecule has 19 heavy (non-hydrogen) atoms. The molecule has 1 unspecified atom stereocenters. The quantitative estimate of drug-likeness (QED) is 0.661. The molecule has 1 fully saturated rings. The third kappa shape index (κ3) is 2.49. The van der Waals surface area contributed by atoms with Gasteiger partial charge in [-0.05, 0) is 24.8 Å². The molecule has 102 valence electrons. The zero-order chi connectivity index (χ0) is 13.4. The monoisotopic (exact) mass is 265 g/mol. The van der Waals surface area contributed by atoms with Crippen molar-refractivity contribution < 1.29 is 19.5 Å². The van der Waals surface area contributed by atoms with Crippen LogP contribution in [0.25, 0.3) is 0 Å². The molecule has 1 aromatic carbocycles. The second-order valence-corrected chi connectivity index (χ2v) is 4.99. The van der Waals surface area contributed by atoms with Gasteiger partial charge in [-0.25, -0.2) is 0 Å². The van der Waals surface area contributed by atoms with Gasteiger partial charge in [0, 0.05) is 12.0 Å². The predicted octanol–water partition coefficient (Wildman–Crippen LogP) is 1.68. The molecule has 1 aliphatic carbocycles. The van der Waals surface area contributed by atoms with Crippen LogP contribution < -0.4 is 9.47 Å². The molecule has 0 radical (unpaired) electrons. The Morgan fingerprint density at radius 2 is 1.95 bits per heavy atom. The van der Waals surface area contributed by atoms with E-state index in [1.165, 1.54) is 6.07 Å². The molecule has 6 heteroatoms. The highest BCUT2D eigenvalue weighted by Gasteiger charge is 2.32. The minimum absolute atomic E-state index is 0.0102. The number of ether oxygens (including phenoxy) is 2. The van der Waals surface area contributed by atoms with Crippen LogP contribution in [0.3, 0.4) is 0 Å². The van der Waals surface area contributed by atoms with Gasteiger partial charge in [0.15, 0.2) is 11.5 Å². The fourth-order valence-electron chi connectivity index (χ4n) is 2.33. The first kappa shape index (κ1) is 12.2. The Labute approximate surface area is 110 Å². The van der Waals surface area contributed by atoms with Crippen LogP contribution >= 0.6 is 0 Å². The van der Waals surface area contributed by atoms with Gasteiger partial charge in [-0.15, -0.1) is 0 Å². The van der Waals surface area contributed by atoms with Gasteiger partial charge in [-0.2, -0.15) is 0 Å². The van der Waals surface area contributed by atoms with Gasteiger partial charge in [0.25, 0.3) is 5.69 Å². The first-order chi connectivity index (χ1) is 9.15. The summed E-state index contributed by atoms with van der Waals surface area (Å²) in [6, 6.07) is 3.02. The summed E-state index contributed by atoms with van der Waals surface area (Å²) in [5.74, 6) is 1.21. The number of rotatable bonds is 4. The lowest BCUT2D eigenvalue weighted by Gasteiger charge is -2.19. The lowest BCUT2D eigenvalue weighted by Crippen LogP contribution is -2.18. The van der Waals surface area contributed by atoms with Crippen molar-refractivity contribution in [1.82, 2.24) is 0 Å². The highest BCUT2D eigenvalue weighted by molar-refractivity contribution is 5.55. The third-order valence-corrected chi connectivity index (χ3v) is 3.54. The number of benzene rings is 1. The Bertz CT molecular complexity index is 512. The molecule has 1 saturated carbocycles. The maximum absolute atomic E-state index is 11.1. The van der Waals surface area contributed by atoms with E-state index < -0.39 is 11.0 Å². The Morgan fingerprint density at radius 1 is 1.32 bits per heavy atom. The highest BCUT2D eigenvalue weighted by atomic mass is 16.6. The number of aliphatic hydroxyl groups excluding tert-OH is 1. The SMILES string of the molecule is O=[N+]([O-])c1cc2c(cc1CC(O)C1CC1)OCCO2. The smallest absolute Gasteiger partial charge is 0.276 e. The van der Waals surface area contributed by atoms with Gasteiger partial charge in [-0.3, -0.25) is 10.1 Å². The van der Waals surface area contributed by atoms with Crippen LogP contribution in [-0.2, 0) is 6.42 Å². The summed E-state index contributed by atoms with van der Waals surface area (Å²) < 4.78 is 10.8. The lowest BCUT2D eigenvalue weighted by molar-refractivity contribution is -0.385. The van der Waals surface area contributed by atoms with Crippen molar-refractivity contribution in [1.29, 1.82) is 0 Å². The van der Waals surface area contributed by atoms with Crippen molar-refractivity contribution in [3.63, 3.8) is 0 Å². The van der Waals surface area contributed by atoms with E-state index in [0.29, 0.717) is 30.3 Å². The van der Waals surface area contributed by atoms with Crippen molar-refractivity contribution >= 4 is 5.69 Å². The summed E-state index contributed by atoms with van der Waals surface area (Å²) in [4.78, 5) is 10.7. The van der Waals surface area contributed by atoms with Gasteiger partial charge in [0.05, 0.1) is 17.1 Å². The number of nitrogens with zero attached hydrogens (tertiary/aromatic N) is 1. The average Bonchev–Trinajstić information content (AvgIpc) is 3.22. The fourth-order valence-corrected chi connectivity index (χ4v) is 2.33. The molecule has 1 aromatic rings. The third-order valence-electron chi connectivity index (χ3n) is 3.54. The van der Waals surface area contributed by atoms with Gasteiger partial charge in [-0.1, -0.05) is 0 Å². The molecule has 0 bridgehead atoms. The minimum atomic E-state index is -0.513. The van der Waals surface area contributed by atoms with E-state index in [-0.39, 0.29) is 18.0 Å². The van der Waals surface area contributed by atoms with Crippen molar-refractivity contribution in [2.75, 3.05) is 13.2 Å². The zero-order valence-corrected chi connectivity index (χ0v) is 10.4. The summed E-state index contributed by atoms with van der Waals surface area (Å²) >= 11 is 0. The zero-order valence-electron chi connectivity index (χ0n) is 10.4. The summed E-state index contributed by atoms with van der Waals surface area (Å²) in [5, 5.41) is 21.1. The molecule has 0 aromatic heterocycles. The molecule has 1 heterocycles. The Hall–Kier alpha value is -1.82. The highest BCUT2D eigenvalue weighted by Crippen LogP contribution is 2.39. The minimum Gasteiger partial charge on any atom is -0.486 e. The molecule has 0 spiro atoms. The van der Waals surface area contributed by atoms with Gasteiger partial charge in [0.2, 0.25) is 0 Å². The van der Waals surface area contributed by atoms with Gasteiger partial charge in [0.1, 0.15) is 13.2 Å². The van der Waals surface area contributed by atoms with Crippen LogP contribution in [0.4, 0.5) is 5.69 Å². The van der Waals surface area contributed by atoms with Crippen LogP contribution in [-0.4, -0.2) is 29.3 Å². The van der Waals surface area contributed by atoms with Gasteiger partial charge >= 0.3 is 0 Å². The van der Waals surface area contributed by atoms with E-state index in [1.807, 2.05) is 0 Å². The topological polar surface area (TPSA) is 81.8 Å². The summed E-state index contributed by atoms with van der Waals surface area (Å²) in [6.07, 6.45) is 1.78. The van der Waals surface area contributed by atoms with Crippen molar-refractivity contribution in [3.8, 4) is 11.5 Å². The number of aliphatic hydroxyl groups is 1. The Balaban J connectivity index is 1.93. The van der Waals surface area contributed by atoms with Gasteiger partial charge < -0.3 is 14.6 Å². The standard InChI is InChI=1S/C13H15NO5/c15-11(8-1-2-8)5-9-6-12-13(19-4-3-18-12)7-10(9)14(16)17/h6-8,11,15H,1-5H2. The van der Waals surface area contributed by atoms with Crippen LogP contribution in [0.2, 0.25) is 0 Å². The normalized spacial score (nSPS) is 19.0. The maximum atomic E-state index is 11.1. The van der Waals surface area contributed by atoms with E-state index in [1.54, 1.807) is 6.07 Å². The van der Waals surface area contributed by atoms with E-state index in [4.69, 9.17) is 9.47 Å². The van der Waals surface area contributed by atoms with E-state index in [2.05, 4.69) is 0 Å². The fraction of sp³-hybridized carbons (Fsp3) is 0.538. The van der Waals surface area contributed by atoms with Crippen molar-refractivity contribution in [2.24, 2.45) is 5.92 Å². The summed E-state index contributed by atoms with van der Waals surface area (Å²) in [5.41, 5.74) is 0.498. The maximum Gasteiger partial charge on any atom is 0.276 e. The predicted molar refractivity (Wildman–Crippen MR) is 66.5 cm³/mol.